The van der Waals surface area contributed by atoms with Crippen molar-refractivity contribution in [3.63, 3.8) is 0 Å². The second kappa shape index (κ2) is 9.07. The molecule has 0 spiro atoms. The van der Waals surface area contributed by atoms with Crippen molar-refractivity contribution in [2.24, 2.45) is 0 Å². The van der Waals surface area contributed by atoms with Gasteiger partial charge in [0.05, 0.1) is 17.9 Å². The Kier molecular flexibility index (Phi) is 6.30. The second-order valence-electron chi connectivity index (χ2n) is 6.21. The molecule has 6 nitrogen and oxygen atoms in total. The number of carbonyl (C=O) groups excluding carboxylic acids is 2. The Morgan fingerprint density at radius 1 is 0.963 bits per heavy atom. The van der Waals surface area contributed by atoms with Crippen molar-refractivity contribution in [2.75, 3.05) is 44.3 Å². The zero-order valence-corrected chi connectivity index (χ0v) is 15.5. The minimum absolute atomic E-state index is 0.0691. The lowest BCUT2D eigenvalue weighted by Crippen LogP contribution is -2.50. The maximum absolute atomic E-state index is 12.5. The zero-order chi connectivity index (χ0) is 19.1. The molecule has 1 fully saturated rings. The summed E-state index contributed by atoms with van der Waals surface area (Å²) in [5, 5.41) is 0. The lowest BCUT2D eigenvalue weighted by Gasteiger charge is -2.36. The van der Waals surface area contributed by atoms with Gasteiger partial charge in [-0.2, -0.15) is 0 Å². The van der Waals surface area contributed by atoms with Gasteiger partial charge in [0.15, 0.2) is 12.9 Å². The number of carbonyl (C=O) groups is 2. The molecule has 1 aliphatic heterocycles. The molecule has 0 N–H and O–H groups in total. The van der Waals surface area contributed by atoms with Gasteiger partial charge in [0.1, 0.15) is 11.5 Å². The predicted octanol–water partition coefficient (Wildman–Crippen LogP) is 2.63. The molecule has 3 rings (SSSR count). The molecule has 27 heavy (non-hydrogen) atoms. The van der Waals surface area contributed by atoms with Gasteiger partial charge in [-0.25, -0.2) is 0 Å². The molecule has 0 unspecified atom stereocenters. The SMILES string of the molecule is CCOc1ccccc1N1CCN(C(=O)COc2ccccc2C=O)CC1. The topological polar surface area (TPSA) is 59.1 Å². The van der Waals surface area contributed by atoms with Gasteiger partial charge in [0, 0.05) is 26.2 Å². The third-order valence-corrected chi connectivity index (χ3v) is 4.54. The molecule has 0 radical (unpaired) electrons. The van der Waals surface area contributed by atoms with E-state index in [4.69, 9.17) is 9.47 Å². The van der Waals surface area contributed by atoms with Crippen LogP contribution in [0.5, 0.6) is 11.5 Å². The van der Waals surface area contributed by atoms with Gasteiger partial charge >= 0.3 is 0 Å². The largest absolute Gasteiger partial charge is 0.492 e. The van der Waals surface area contributed by atoms with Crippen LogP contribution in [0.25, 0.3) is 0 Å². The van der Waals surface area contributed by atoms with E-state index in [1.54, 1.807) is 29.2 Å². The van der Waals surface area contributed by atoms with Gasteiger partial charge in [-0.1, -0.05) is 24.3 Å². The Morgan fingerprint density at radius 3 is 2.33 bits per heavy atom. The molecule has 0 atom stereocenters. The number of benzene rings is 2. The first-order valence-corrected chi connectivity index (χ1v) is 9.14. The van der Waals surface area contributed by atoms with Crippen LogP contribution in [-0.2, 0) is 4.79 Å². The minimum atomic E-state index is -0.0755. The van der Waals surface area contributed by atoms with Crippen LogP contribution in [-0.4, -0.2) is 56.5 Å². The van der Waals surface area contributed by atoms with Crippen LogP contribution in [0, 0.1) is 0 Å². The smallest absolute Gasteiger partial charge is 0.260 e. The lowest BCUT2D eigenvalue weighted by atomic mass is 10.2. The maximum atomic E-state index is 12.5. The number of hydrogen-bond donors (Lipinski definition) is 0. The quantitative estimate of drug-likeness (QED) is 0.703. The molecule has 0 aromatic heterocycles. The Hall–Kier alpha value is -3.02. The van der Waals surface area contributed by atoms with E-state index in [-0.39, 0.29) is 12.5 Å². The number of nitrogens with zero attached hydrogens (tertiary/aromatic N) is 2. The van der Waals surface area contributed by atoms with Gasteiger partial charge in [-0.3, -0.25) is 9.59 Å². The van der Waals surface area contributed by atoms with Crippen LogP contribution in [0.1, 0.15) is 17.3 Å². The molecule has 1 amide bonds. The highest BCUT2D eigenvalue weighted by Gasteiger charge is 2.23. The fourth-order valence-corrected chi connectivity index (χ4v) is 3.13. The highest BCUT2D eigenvalue weighted by molar-refractivity contribution is 5.81. The molecule has 142 valence electrons. The van der Waals surface area contributed by atoms with Crippen LogP contribution in [0.4, 0.5) is 5.69 Å². The second-order valence-corrected chi connectivity index (χ2v) is 6.21. The number of anilines is 1. The fourth-order valence-electron chi connectivity index (χ4n) is 3.13. The number of para-hydroxylation sites is 3. The van der Waals surface area contributed by atoms with Crippen LogP contribution in [0.15, 0.2) is 48.5 Å². The summed E-state index contributed by atoms with van der Waals surface area (Å²) >= 11 is 0. The van der Waals surface area contributed by atoms with Crippen LogP contribution >= 0.6 is 0 Å². The van der Waals surface area contributed by atoms with Crippen molar-refractivity contribution in [3.8, 4) is 11.5 Å². The Balaban J connectivity index is 1.54. The van der Waals surface area contributed by atoms with E-state index in [0.29, 0.717) is 31.0 Å². The van der Waals surface area contributed by atoms with Crippen molar-refractivity contribution >= 4 is 17.9 Å². The van der Waals surface area contributed by atoms with Crippen LogP contribution in [0.2, 0.25) is 0 Å². The summed E-state index contributed by atoms with van der Waals surface area (Å²) in [5.41, 5.74) is 1.50. The summed E-state index contributed by atoms with van der Waals surface area (Å²) < 4.78 is 11.3. The molecular weight excluding hydrogens is 344 g/mol. The van der Waals surface area contributed by atoms with Gasteiger partial charge < -0.3 is 19.3 Å². The average molecular weight is 368 g/mol. The third kappa shape index (κ3) is 4.58. The molecule has 0 bridgehead atoms. The number of piperazine rings is 1. The summed E-state index contributed by atoms with van der Waals surface area (Å²) in [4.78, 5) is 27.5. The van der Waals surface area contributed by atoms with Crippen molar-refractivity contribution < 1.29 is 19.1 Å². The summed E-state index contributed by atoms with van der Waals surface area (Å²) in [5.74, 6) is 1.23. The van der Waals surface area contributed by atoms with Gasteiger partial charge in [-0.15, -0.1) is 0 Å². The Morgan fingerprint density at radius 2 is 1.63 bits per heavy atom. The minimum Gasteiger partial charge on any atom is -0.492 e. The number of hydrogen-bond acceptors (Lipinski definition) is 5. The van der Waals surface area contributed by atoms with Crippen molar-refractivity contribution in [2.45, 2.75) is 6.92 Å². The highest BCUT2D eigenvalue weighted by Crippen LogP contribution is 2.28. The summed E-state index contributed by atoms with van der Waals surface area (Å²) in [6.07, 6.45) is 0.731. The zero-order valence-electron chi connectivity index (χ0n) is 15.5. The first kappa shape index (κ1) is 18.8. The molecule has 2 aromatic carbocycles. The molecule has 1 heterocycles. The molecule has 1 aliphatic rings. The van der Waals surface area contributed by atoms with Gasteiger partial charge in [0.25, 0.3) is 5.91 Å². The number of amides is 1. The van der Waals surface area contributed by atoms with E-state index >= 15 is 0 Å². The normalized spacial score (nSPS) is 14.0. The summed E-state index contributed by atoms with van der Waals surface area (Å²) in [7, 11) is 0. The molecule has 2 aromatic rings. The molecular formula is C21H24N2O4. The predicted molar refractivity (Wildman–Crippen MR) is 104 cm³/mol. The van der Waals surface area contributed by atoms with Crippen molar-refractivity contribution in [1.29, 1.82) is 0 Å². The van der Waals surface area contributed by atoms with Crippen LogP contribution in [0.3, 0.4) is 0 Å². The average Bonchev–Trinajstić information content (AvgIpc) is 2.73. The maximum Gasteiger partial charge on any atom is 0.260 e. The van der Waals surface area contributed by atoms with E-state index in [1.807, 2.05) is 31.2 Å². The van der Waals surface area contributed by atoms with Crippen molar-refractivity contribution in [3.05, 3.63) is 54.1 Å². The van der Waals surface area contributed by atoms with E-state index in [0.717, 1.165) is 30.8 Å². The van der Waals surface area contributed by atoms with Crippen molar-refractivity contribution in [1.82, 2.24) is 4.90 Å². The van der Waals surface area contributed by atoms with Crippen LogP contribution < -0.4 is 14.4 Å². The van der Waals surface area contributed by atoms with E-state index < -0.39 is 0 Å². The molecule has 1 saturated heterocycles. The third-order valence-electron chi connectivity index (χ3n) is 4.54. The van der Waals surface area contributed by atoms with E-state index in [9.17, 15) is 9.59 Å². The summed E-state index contributed by atoms with van der Waals surface area (Å²) in [6.45, 7) is 5.24. The Labute approximate surface area is 159 Å². The number of ether oxygens (including phenoxy) is 2. The van der Waals surface area contributed by atoms with Gasteiger partial charge in [0.2, 0.25) is 0 Å². The standard InChI is InChI=1S/C21H24N2O4/c1-2-26-20-10-6-4-8-18(20)22-11-13-23(14-12-22)21(25)16-27-19-9-5-3-7-17(19)15-24/h3-10,15H,2,11-14,16H2,1H3. The molecule has 0 aliphatic carbocycles. The van der Waals surface area contributed by atoms with E-state index in [2.05, 4.69) is 4.90 Å². The summed E-state index contributed by atoms with van der Waals surface area (Å²) in [6, 6.07) is 14.9. The Bertz CT molecular complexity index is 785. The number of rotatable bonds is 7. The lowest BCUT2D eigenvalue weighted by molar-refractivity contribution is -0.133. The monoisotopic (exact) mass is 368 g/mol. The van der Waals surface area contributed by atoms with E-state index in [1.165, 1.54) is 0 Å². The fraction of sp³-hybridized carbons (Fsp3) is 0.333. The first-order chi connectivity index (χ1) is 13.2. The highest BCUT2D eigenvalue weighted by atomic mass is 16.5. The molecule has 0 saturated carbocycles. The number of aldehydes is 1. The molecule has 6 heteroatoms. The first-order valence-electron chi connectivity index (χ1n) is 9.14. The van der Waals surface area contributed by atoms with Gasteiger partial charge in [-0.05, 0) is 31.2 Å².